The van der Waals surface area contributed by atoms with Gasteiger partial charge in [0.15, 0.2) is 17.5 Å². The lowest BCUT2D eigenvalue weighted by Crippen LogP contribution is -2.39. The predicted molar refractivity (Wildman–Crippen MR) is 83.1 cm³/mol. The van der Waals surface area contributed by atoms with E-state index in [0.717, 1.165) is 24.0 Å². The number of rotatable bonds is 6. The summed E-state index contributed by atoms with van der Waals surface area (Å²) in [6, 6.07) is 5.03. The van der Waals surface area contributed by atoms with Crippen LogP contribution in [-0.2, 0) is 6.54 Å². The first-order valence-corrected chi connectivity index (χ1v) is 7.38. The highest BCUT2D eigenvalue weighted by Gasteiger charge is 2.20. The van der Waals surface area contributed by atoms with Crippen molar-refractivity contribution in [2.45, 2.75) is 25.8 Å². The molecule has 4 nitrogen and oxygen atoms in total. The van der Waals surface area contributed by atoms with Gasteiger partial charge in [-0.1, -0.05) is 18.9 Å². The summed E-state index contributed by atoms with van der Waals surface area (Å²) in [6.45, 7) is 1.54. The van der Waals surface area contributed by atoms with Crippen LogP contribution in [-0.4, -0.2) is 38.6 Å². The molecule has 0 bridgehead atoms. The van der Waals surface area contributed by atoms with Crippen molar-refractivity contribution in [1.29, 1.82) is 0 Å². The molecular formula is C16H24FN3O. The average Bonchev–Trinajstić information content (AvgIpc) is 3.28. The molecule has 21 heavy (non-hydrogen) atoms. The summed E-state index contributed by atoms with van der Waals surface area (Å²) in [6.07, 6.45) is 3.92. The van der Waals surface area contributed by atoms with Crippen LogP contribution in [0.25, 0.3) is 0 Å². The van der Waals surface area contributed by atoms with Crippen LogP contribution in [0.4, 0.5) is 4.39 Å². The second kappa shape index (κ2) is 7.29. The Hall–Kier alpha value is -1.78. The molecule has 0 heterocycles. The molecule has 0 aliphatic heterocycles. The van der Waals surface area contributed by atoms with Crippen molar-refractivity contribution in [2.24, 2.45) is 10.9 Å². The van der Waals surface area contributed by atoms with Crippen LogP contribution >= 0.6 is 0 Å². The number of ether oxygens (including phenoxy) is 1. The van der Waals surface area contributed by atoms with Crippen LogP contribution in [0, 0.1) is 11.7 Å². The van der Waals surface area contributed by atoms with E-state index in [4.69, 9.17) is 4.74 Å². The Labute approximate surface area is 126 Å². The molecule has 0 saturated heterocycles. The normalized spacial score (nSPS) is 15.0. The zero-order valence-electron chi connectivity index (χ0n) is 13.0. The third-order valence-corrected chi connectivity index (χ3v) is 3.74. The molecule has 0 aromatic heterocycles. The zero-order chi connectivity index (χ0) is 15.2. The van der Waals surface area contributed by atoms with Crippen molar-refractivity contribution in [3.8, 4) is 5.75 Å². The molecule has 5 heteroatoms. The Bertz CT molecular complexity index is 500. The molecule has 0 atom stereocenters. The van der Waals surface area contributed by atoms with Gasteiger partial charge in [0.25, 0.3) is 0 Å². The van der Waals surface area contributed by atoms with Gasteiger partial charge in [-0.05, 0) is 30.0 Å². The summed E-state index contributed by atoms with van der Waals surface area (Å²) in [5, 5.41) is 3.36. The van der Waals surface area contributed by atoms with Crippen LogP contribution in [0.5, 0.6) is 5.75 Å². The largest absolute Gasteiger partial charge is 0.494 e. The highest BCUT2D eigenvalue weighted by atomic mass is 19.1. The molecule has 0 unspecified atom stereocenters. The number of guanidine groups is 1. The van der Waals surface area contributed by atoms with Crippen molar-refractivity contribution >= 4 is 5.96 Å². The van der Waals surface area contributed by atoms with Crippen LogP contribution < -0.4 is 10.1 Å². The number of hydrogen-bond donors (Lipinski definition) is 1. The summed E-state index contributed by atoms with van der Waals surface area (Å²) in [5.41, 5.74) is 0.890. The van der Waals surface area contributed by atoms with Crippen molar-refractivity contribution in [3.05, 3.63) is 29.6 Å². The lowest BCUT2D eigenvalue weighted by atomic mass is 10.2. The van der Waals surface area contributed by atoms with Gasteiger partial charge in [-0.2, -0.15) is 0 Å². The van der Waals surface area contributed by atoms with Gasteiger partial charge in [-0.15, -0.1) is 0 Å². The lowest BCUT2D eigenvalue weighted by molar-refractivity contribution is 0.385. The van der Waals surface area contributed by atoms with E-state index in [-0.39, 0.29) is 11.6 Å². The van der Waals surface area contributed by atoms with Gasteiger partial charge < -0.3 is 15.0 Å². The van der Waals surface area contributed by atoms with E-state index in [1.54, 1.807) is 13.1 Å². The van der Waals surface area contributed by atoms with E-state index in [1.807, 2.05) is 18.0 Å². The Kier molecular flexibility index (Phi) is 5.42. The minimum Gasteiger partial charge on any atom is -0.494 e. The molecule has 2 rings (SSSR count). The maximum Gasteiger partial charge on any atom is 0.193 e. The van der Waals surface area contributed by atoms with E-state index < -0.39 is 0 Å². The van der Waals surface area contributed by atoms with Gasteiger partial charge >= 0.3 is 0 Å². The maximum atomic E-state index is 13.7. The van der Waals surface area contributed by atoms with Crippen molar-refractivity contribution in [2.75, 3.05) is 27.7 Å². The smallest absolute Gasteiger partial charge is 0.193 e. The van der Waals surface area contributed by atoms with Crippen LogP contribution in [0.15, 0.2) is 23.2 Å². The first-order valence-electron chi connectivity index (χ1n) is 7.38. The Morgan fingerprint density at radius 3 is 2.81 bits per heavy atom. The van der Waals surface area contributed by atoms with Crippen LogP contribution in [0.3, 0.4) is 0 Å². The topological polar surface area (TPSA) is 36.9 Å². The highest BCUT2D eigenvalue weighted by Crippen LogP contribution is 2.31. The molecule has 1 fully saturated rings. The van der Waals surface area contributed by atoms with Crippen molar-refractivity contribution in [1.82, 2.24) is 10.2 Å². The van der Waals surface area contributed by atoms with E-state index in [1.165, 1.54) is 32.4 Å². The zero-order valence-corrected chi connectivity index (χ0v) is 13.0. The molecule has 0 radical (unpaired) electrons. The molecule has 1 aliphatic rings. The fourth-order valence-corrected chi connectivity index (χ4v) is 2.34. The summed E-state index contributed by atoms with van der Waals surface area (Å²) >= 11 is 0. The van der Waals surface area contributed by atoms with E-state index in [0.29, 0.717) is 6.54 Å². The number of hydrogen-bond acceptors (Lipinski definition) is 2. The summed E-state index contributed by atoms with van der Waals surface area (Å²) in [4.78, 5) is 6.26. The molecule has 0 spiro atoms. The number of methoxy groups -OCH3 is 1. The minimum atomic E-state index is -0.333. The molecule has 1 saturated carbocycles. The number of nitrogens with zero attached hydrogens (tertiary/aromatic N) is 2. The standard InChI is InChI=1S/C16H24FN3O/c1-18-16(19-9-8-12-4-5-12)20(2)11-13-6-7-15(21-3)14(17)10-13/h6-7,10,12H,4-5,8-9,11H2,1-3H3,(H,18,19). The van der Waals surface area contributed by atoms with Gasteiger partial charge in [-0.25, -0.2) is 4.39 Å². The molecular weight excluding hydrogens is 269 g/mol. The quantitative estimate of drug-likeness (QED) is 0.647. The molecule has 1 N–H and O–H groups in total. The number of aliphatic imine (C=N–C) groups is 1. The highest BCUT2D eigenvalue weighted by molar-refractivity contribution is 5.79. The third-order valence-electron chi connectivity index (χ3n) is 3.74. The predicted octanol–water partition coefficient (Wildman–Crippen LogP) is 2.64. The molecule has 1 aromatic rings. The molecule has 1 aliphatic carbocycles. The van der Waals surface area contributed by atoms with Gasteiger partial charge in [0.2, 0.25) is 0 Å². The van der Waals surface area contributed by atoms with Crippen molar-refractivity contribution < 1.29 is 9.13 Å². The minimum absolute atomic E-state index is 0.272. The lowest BCUT2D eigenvalue weighted by Gasteiger charge is -2.22. The van der Waals surface area contributed by atoms with Crippen molar-refractivity contribution in [3.63, 3.8) is 0 Å². The Morgan fingerprint density at radius 2 is 2.24 bits per heavy atom. The second-order valence-corrected chi connectivity index (χ2v) is 5.53. The molecule has 1 aromatic carbocycles. The van der Waals surface area contributed by atoms with Crippen LogP contribution in [0.2, 0.25) is 0 Å². The Morgan fingerprint density at radius 1 is 1.48 bits per heavy atom. The average molecular weight is 293 g/mol. The summed E-state index contributed by atoms with van der Waals surface area (Å²) < 4.78 is 18.6. The van der Waals surface area contributed by atoms with E-state index >= 15 is 0 Å². The van der Waals surface area contributed by atoms with E-state index in [9.17, 15) is 4.39 Å². The van der Waals surface area contributed by atoms with Gasteiger partial charge in [0.05, 0.1) is 7.11 Å². The Balaban J connectivity index is 1.88. The number of nitrogens with one attached hydrogen (secondary N) is 1. The fraction of sp³-hybridized carbons (Fsp3) is 0.562. The molecule has 0 amide bonds. The third kappa shape index (κ3) is 4.62. The van der Waals surface area contributed by atoms with E-state index in [2.05, 4.69) is 10.3 Å². The number of halogens is 1. The van der Waals surface area contributed by atoms with Crippen LogP contribution in [0.1, 0.15) is 24.8 Å². The fourth-order valence-electron chi connectivity index (χ4n) is 2.34. The summed E-state index contributed by atoms with van der Waals surface area (Å²) in [5.74, 6) is 1.68. The maximum absolute atomic E-state index is 13.7. The second-order valence-electron chi connectivity index (χ2n) is 5.53. The number of benzene rings is 1. The van der Waals surface area contributed by atoms with Gasteiger partial charge in [0, 0.05) is 27.2 Å². The monoisotopic (exact) mass is 293 g/mol. The molecule has 116 valence electrons. The first-order chi connectivity index (χ1) is 10.1. The SMILES string of the molecule is CN=C(NCCC1CC1)N(C)Cc1ccc(OC)c(F)c1. The van der Waals surface area contributed by atoms with Gasteiger partial charge in [-0.3, -0.25) is 4.99 Å². The van der Waals surface area contributed by atoms with Gasteiger partial charge in [0.1, 0.15) is 0 Å². The first kappa shape index (κ1) is 15.6. The summed E-state index contributed by atoms with van der Waals surface area (Å²) in [7, 11) is 5.19.